The van der Waals surface area contributed by atoms with Crippen molar-refractivity contribution in [1.82, 2.24) is 9.97 Å². The number of allylic oxidation sites excluding steroid dienone is 2. The van der Waals surface area contributed by atoms with Gasteiger partial charge in [-0.25, -0.2) is 0 Å². The first-order chi connectivity index (χ1) is 9.88. The Morgan fingerprint density at radius 2 is 1.30 bits per heavy atom. The summed E-state index contributed by atoms with van der Waals surface area (Å²) >= 11 is 0. The molecule has 0 saturated heterocycles. The van der Waals surface area contributed by atoms with Crippen LogP contribution in [-0.2, 0) is 0 Å². The van der Waals surface area contributed by atoms with Crippen molar-refractivity contribution in [1.29, 1.82) is 0 Å². The first-order valence-corrected chi connectivity index (χ1v) is 6.25. The quantitative estimate of drug-likeness (QED) is 0.595. The van der Waals surface area contributed by atoms with Crippen molar-refractivity contribution < 1.29 is 0 Å². The number of pyridine rings is 2. The minimum atomic E-state index is 1.20. The molecule has 0 unspecified atom stereocenters. The van der Waals surface area contributed by atoms with Gasteiger partial charge in [0.2, 0.25) is 0 Å². The largest absolute Gasteiger partial charge is 0.265 e. The van der Waals surface area contributed by atoms with E-state index in [9.17, 15) is 0 Å². The third kappa shape index (κ3) is 6.26. The lowest BCUT2D eigenvalue weighted by molar-refractivity contribution is 1.33. The maximum absolute atomic E-state index is 4.01. The first-order valence-electron chi connectivity index (χ1n) is 6.25. The first kappa shape index (κ1) is 15.3. The van der Waals surface area contributed by atoms with Gasteiger partial charge in [-0.15, -0.1) is 0 Å². The molecule has 100 valence electrons. The van der Waals surface area contributed by atoms with Crippen molar-refractivity contribution in [2.75, 3.05) is 0 Å². The number of aromatic nitrogens is 2. The molecular weight excluding hydrogens is 244 g/mol. The standard InChI is InChI=1S/C9H7N.C5H5N.C4H6/c1-2-4-9-7-10-6-5-8(9)3-1;1-2-4-6-5-3-1;1-3-4-2/h1-7H;1-5H;3-4H,1-2H2. The van der Waals surface area contributed by atoms with Crippen LogP contribution in [0, 0.1) is 0 Å². The van der Waals surface area contributed by atoms with Gasteiger partial charge in [0.25, 0.3) is 0 Å². The minimum absolute atomic E-state index is 1.20. The molecule has 0 amide bonds. The van der Waals surface area contributed by atoms with Crippen molar-refractivity contribution >= 4 is 10.8 Å². The summed E-state index contributed by atoms with van der Waals surface area (Å²) in [6.45, 7) is 6.72. The van der Waals surface area contributed by atoms with Crippen LogP contribution in [0.4, 0.5) is 0 Å². The molecule has 0 atom stereocenters. The average molecular weight is 262 g/mol. The Kier molecular flexibility index (Phi) is 7.82. The van der Waals surface area contributed by atoms with E-state index in [1.165, 1.54) is 10.8 Å². The van der Waals surface area contributed by atoms with Crippen LogP contribution in [0.2, 0.25) is 0 Å². The summed E-state index contributed by atoms with van der Waals surface area (Å²) in [5.41, 5.74) is 0. The van der Waals surface area contributed by atoms with Crippen LogP contribution in [0.3, 0.4) is 0 Å². The molecule has 0 aliphatic rings. The molecule has 2 heterocycles. The predicted molar refractivity (Wildman–Crippen MR) is 86.4 cm³/mol. The van der Waals surface area contributed by atoms with Gasteiger partial charge in [0.05, 0.1) is 0 Å². The second-order valence-corrected chi connectivity index (χ2v) is 3.72. The molecular formula is C18H18N2. The van der Waals surface area contributed by atoms with Crippen LogP contribution < -0.4 is 0 Å². The Morgan fingerprint density at radius 1 is 0.650 bits per heavy atom. The normalized spacial score (nSPS) is 8.40. The van der Waals surface area contributed by atoms with Crippen LogP contribution in [-0.4, -0.2) is 9.97 Å². The van der Waals surface area contributed by atoms with Gasteiger partial charge in [-0.3, -0.25) is 9.97 Å². The van der Waals surface area contributed by atoms with E-state index in [1.807, 2.05) is 48.8 Å². The lowest BCUT2D eigenvalue weighted by Crippen LogP contribution is -1.71. The molecule has 0 aliphatic carbocycles. The van der Waals surface area contributed by atoms with E-state index in [0.29, 0.717) is 0 Å². The molecule has 2 nitrogen and oxygen atoms in total. The van der Waals surface area contributed by atoms with Crippen LogP contribution in [0.25, 0.3) is 10.8 Å². The second-order valence-electron chi connectivity index (χ2n) is 3.72. The van der Waals surface area contributed by atoms with E-state index in [0.717, 1.165) is 0 Å². The Labute approximate surface area is 120 Å². The summed E-state index contributed by atoms with van der Waals surface area (Å²) in [6.07, 6.45) is 10.5. The molecule has 0 aliphatic heterocycles. The van der Waals surface area contributed by atoms with Gasteiger partial charge in [-0.05, 0) is 29.0 Å². The molecule has 3 rings (SSSR count). The lowest BCUT2D eigenvalue weighted by atomic mass is 10.2. The highest BCUT2D eigenvalue weighted by molar-refractivity contribution is 5.80. The molecule has 0 fully saturated rings. The summed E-state index contributed by atoms with van der Waals surface area (Å²) in [4.78, 5) is 7.80. The maximum atomic E-state index is 4.01. The SMILES string of the molecule is C=CC=C.c1ccc2cnccc2c1.c1ccncc1. The van der Waals surface area contributed by atoms with E-state index in [2.05, 4.69) is 35.3 Å². The maximum Gasteiger partial charge on any atom is 0.0346 e. The van der Waals surface area contributed by atoms with Gasteiger partial charge in [0.1, 0.15) is 0 Å². The van der Waals surface area contributed by atoms with E-state index in [1.54, 1.807) is 24.5 Å². The smallest absolute Gasteiger partial charge is 0.0346 e. The topological polar surface area (TPSA) is 25.8 Å². The number of hydrogen-bond donors (Lipinski definition) is 0. The molecule has 0 radical (unpaired) electrons. The molecule has 0 N–H and O–H groups in total. The third-order valence-corrected chi connectivity index (χ3v) is 2.28. The Hall–Kier alpha value is -2.74. The number of fused-ring (bicyclic) bond motifs is 1. The van der Waals surface area contributed by atoms with Gasteiger partial charge in [0.15, 0.2) is 0 Å². The second kappa shape index (κ2) is 10.2. The van der Waals surface area contributed by atoms with Gasteiger partial charge >= 0.3 is 0 Å². The molecule has 20 heavy (non-hydrogen) atoms. The number of rotatable bonds is 1. The average Bonchev–Trinajstić information content (AvgIpc) is 2.57. The van der Waals surface area contributed by atoms with E-state index < -0.39 is 0 Å². The van der Waals surface area contributed by atoms with E-state index in [-0.39, 0.29) is 0 Å². The van der Waals surface area contributed by atoms with Crippen LogP contribution in [0.1, 0.15) is 0 Å². The van der Waals surface area contributed by atoms with Crippen LogP contribution in [0.5, 0.6) is 0 Å². The van der Waals surface area contributed by atoms with Crippen molar-refractivity contribution in [3.8, 4) is 0 Å². The van der Waals surface area contributed by atoms with Crippen LogP contribution in [0.15, 0.2) is 98.6 Å². The third-order valence-electron chi connectivity index (χ3n) is 2.28. The molecule has 0 bridgehead atoms. The highest BCUT2D eigenvalue weighted by Gasteiger charge is 1.86. The number of benzene rings is 1. The van der Waals surface area contributed by atoms with E-state index >= 15 is 0 Å². The monoisotopic (exact) mass is 262 g/mol. The summed E-state index contributed by atoms with van der Waals surface area (Å²) in [5.74, 6) is 0. The molecule has 0 saturated carbocycles. The number of hydrogen-bond acceptors (Lipinski definition) is 2. The van der Waals surface area contributed by atoms with Gasteiger partial charge in [0, 0.05) is 24.8 Å². The van der Waals surface area contributed by atoms with Crippen molar-refractivity contribution in [3.63, 3.8) is 0 Å². The summed E-state index contributed by atoms with van der Waals surface area (Å²) < 4.78 is 0. The summed E-state index contributed by atoms with van der Waals surface area (Å²) in [6, 6.07) is 15.9. The highest BCUT2D eigenvalue weighted by Crippen LogP contribution is 2.09. The van der Waals surface area contributed by atoms with Gasteiger partial charge in [-0.1, -0.05) is 55.6 Å². The number of nitrogens with zero attached hydrogens (tertiary/aromatic N) is 2. The zero-order valence-electron chi connectivity index (χ0n) is 11.4. The molecule has 1 aromatic carbocycles. The van der Waals surface area contributed by atoms with Gasteiger partial charge in [-0.2, -0.15) is 0 Å². The molecule has 0 spiro atoms. The fraction of sp³-hybridized carbons (Fsp3) is 0. The fourth-order valence-electron chi connectivity index (χ4n) is 1.34. The minimum Gasteiger partial charge on any atom is -0.265 e. The Morgan fingerprint density at radius 3 is 1.75 bits per heavy atom. The lowest BCUT2D eigenvalue weighted by Gasteiger charge is -1.91. The Balaban J connectivity index is 0.000000172. The highest BCUT2D eigenvalue weighted by atomic mass is 14.6. The summed E-state index contributed by atoms with van der Waals surface area (Å²) in [5, 5.41) is 2.45. The molecule has 2 heteroatoms. The fourth-order valence-corrected chi connectivity index (χ4v) is 1.34. The van der Waals surface area contributed by atoms with Crippen LogP contribution >= 0.6 is 0 Å². The summed E-state index contributed by atoms with van der Waals surface area (Å²) in [7, 11) is 0. The molecule has 3 aromatic rings. The van der Waals surface area contributed by atoms with Crippen molar-refractivity contribution in [3.05, 3.63) is 98.6 Å². The zero-order chi connectivity index (χ0) is 14.5. The molecule has 2 aromatic heterocycles. The predicted octanol–water partition coefficient (Wildman–Crippen LogP) is 4.67. The van der Waals surface area contributed by atoms with Crippen molar-refractivity contribution in [2.45, 2.75) is 0 Å². The zero-order valence-corrected chi connectivity index (χ0v) is 11.4. The Bertz CT molecular complexity index is 520. The van der Waals surface area contributed by atoms with Crippen molar-refractivity contribution in [2.24, 2.45) is 0 Å². The van der Waals surface area contributed by atoms with E-state index in [4.69, 9.17) is 0 Å². The van der Waals surface area contributed by atoms with Gasteiger partial charge < -0.3 is 0 Å².